The number of hydrogen-bond donors (Lipinski definition) is 1. The van der Waals surface area contributed by atoms with Crippen LogP contribution < -0.4 is 5.32 Å². The van der Waals surface area contributed by atoms with E-state index < -0.39 is 0 Å². The molecule has 0 radical (unpaired) electrons. The lowest BCUT2D eigenvalue weighted by atomic mass is 9.92. The fraction of sp³-hybridized carbons (Fsp3) is 0.700. The Hall–Kier alpha value is -0.820. The number of benzene rings is 1. The molecule has 0 saturated carbocycles. The van der Waals surface area contributed by atoms with Gasteiger partial charge in [-0.3, -0.25) is 0 Å². The second-order valence-corrected chi connectivity index (χ2v) is 6.14. The van der Waals surface area contributed by atoms with Crippen molar-refractivity contribution in [3.63, 3.8) is 0 Å². The topological polar surface area (TPSA) is 12.0 Å². The van der Waals surface area contributed by atoms with Gasteiger partial charge in [-0.1, -0.05) is 77.5 Å². The second-order valence-electron chi connectivity index (χ2n) is 6.14. The van der Waals surface area contributed by atoms with Crippen LogP contribution in [-0.2, 0) is 12.8 Å². The van der Waals surface area contributed by atoms with E-state index >= 15 is 0 Å². The highest BCUT2D eigenvalue weighted by atomic mass is 14.9. The molecule has 0 aliphatic rings. The summed E-state index contributed by atoms with van der Waals surface area (Å²) < 4.78 is 0. The molecule has 1 unspecified atom stereocenters. The van der Waals surface area contributed by atoms with Crippen molar-refractivity contribution in [3.8, 4) is 0 Å². The van der Waals surface area contributed by atoms with Gasteiger partial charge >= 0.3 is 0 Å². The minimum absolute atomic E-state index is 0.526. The third-order valence-corrected chi connectivity index (χ3v) is 4.57. The molecule has 1 aromatic carbocycles. The van der Waals surface area contributed by atoms with E-state index in [0.717, 1.165) is 12.8 Å². The summed E-state index contributed by atoms with van der Waals surface area (Å²) in [6.45, 7) is 6.79. The third-order valence-electron chi connectivity index (χ3n) is 4.57. The van der Waals surface area contributed by atoms with E-state index in [1.807, 2.05) is 0 Å². The Labute approximate surface area is 132 Å². The van der Waals surface area contributed by atoms with Crippen LogP contribution in [-0.4, -0.2) is 7.05 Å². The highest BCUT2D eigenvalue weighted by molar-refractivity contribution is 5.34. The van der Waals surface area contributed by atoms with E-state index in [1.54, 1.807) is 0 Å². The van der Waals surface area contributed by atoms with Gasteiger partial charge in [0.15, 0.2) is 0 Å². The molecule has 0 aromatic heterocycles. The molecule has 120 valence electrons. The number of nitrogens with one attached hydrogen (secondary N) is 1. The van der Waals surface area contributed by atoms with Crippen molar-refractivity contribution in [2.75, 3.05) is 7.05 Å². The normalized spacial score (nSPS) is 12.6. The van der Waals surface area contributed by atoms with Crippen LogP contribution in [0.3, 0.4) is 0 Å². The Balaban J connectivity index is 2.58. The molecule has 1 atom stereocenters. The largest absolute Gasteiger partial charge is 0.313 e. The summed E-state index contributed by atoms with van der Waals surface area (Å²) >= 11 is 0. The molecule has 1 nitrogen and oxygen atoms in total. The molecule has 1 aromatic rings. The summed E-state index contributed by atoms with van der Waals surface area (Å²) in [5, 5.41) is 3.55. The highest BCUT2D eigenvalue weighted by Crippen LogP contribution is 2.25. The van der Waals surface area contributed by atoms with Crippen LogP contribution in [0.5, 0.6) is 0 Å². The van der Waals surface area contributed by atoms with Gasteiger partial charge in [0.25, 0.3) is 0 Å². The lowest BCUT2D eigenvalue weighted by Gasteiger charge is -2.21. The van der Waals surface area contributed by atoms with E-state index in [4.69, 9.17) is 0 Å². The first kappa shape index (κ1) is 18.2. The van der Waals surface area contributed by atoms with Gasteiger partial charge in [0.2, 0.25) is 0 Å². The van der Waals surface area contributed by atoms with Crippen molar-refractivity contribution in [1.82, 2.24) is 5.32 Å². The molecule has 1 rings (SSSR count). The number of aryl methyl sites for hydroxylation is 2. The van der Waals surface area contributed by atoms with Gasteiger partial charge in [-0.05, 0) is 43.0 Å². The van der Waals surface area contributed by atoms with Crippen LogP contribution in [0.2, 0.25) is 0 Å². The van der Waals surface area contributed by atoms with Crippen LogP contribution in [0.15, 0.2) is 18.2 Å². The van der Waals surface area contributed by atoms with Gasteiger partial charge in [-0.2, -0.15) is 0 Å². The lowest BCUT2D eigenvalue weighted by molar-refractivity contribution is 0.495. The predicted octanol–water partition coefficient (Wildman–Crippen LogP) is 5.82. The van der Waals surface area contributed by atoms with Crippen LogP contribution in [0.4, 0.5) is 0 Å². The van der Waals surface area contributed by atoms with Gasteiger partial charge in [-0.15, -0.1) is 0 Å². The molecular weight excluding hydrogens is 254 g/mol. The number of rotatable bonds is 11. The van der Waals surface area contributed by atoms with Crippen molar-refractivity contribution in [1.29, 1.82) is 0 Å². The van der Waals surface area contributed by atoms with Crippen LogP contribution in [0.1, 0.15) is 88.4 Å². The maximum absolute atomic E-state index is 3.55. The SMILES string of the molecule is CCCCCCCCC(NC)c1cc(CC)ccc1CC. The zero-order chi connectivity index (χ0) is 15.5. The molecule has 0 heterocycles. The van der Waals surface area contributed by atoms with E-state index in [0.29, 0.717) is 6.04 Å². The Morgan fingerprint density at radius 2 is 1.62 bits per heavy atom. The molecule has 0 spiro atoms. The van der Waals surface area contributed by atoms with Crippen molar-refractivity contribution in [2.24, 2.45) is 0 Å². The molecular formula is C20H35N. The Kier molecular flexibility index (Phi) is 9.41. The van der Waals surface area contributed by atoms with Crippen molar-refractivity contribution in [2.45, 2.75) is 84.6 Å². The van der Waals surface area contributed by atoms with E-state index in [2.05, 4.69) is 51.3 Å². The van der Waals surface area contributed by atoms with Gasteiger partial charge in [0.05, 0.1) is 0 Å². The smallest absolute Gasteiger partial charge is 0.0320 e. The van der Waals surface area contributed by atoms with E-state index in [9.17, 15) is 0 Å². The van der Waals surface area contributed by atoms with E-state index in [1.165, 1.54) is 61.6 Å². The molecule has 0 aliphatic heterocycles. The average Bonchev–Trinajstić information content (AvgIpc) is 2.53. The van der Waals surface area contributed by atoms with Crippen molar-refractivity contribution in [3.05, 3.63) is 34.9 Å². The summed E-state index contributed by atoms with van der Waals surface area (Å²) in [5.41, 5.74) is 4.51. The van der Waals surface area contributed by atoms with Crippen molar-refractivity contribution >= 4 is 0 Å². The molecule has 21 heavy (non-hydrogen) atoms. The summed E-state index contributed by atoms with van der Waals surface area (Å²) in [6.07, 6.45) is 11.8. The monoisotopic (exact) mass is 289 g/mol. The van der Waals surface area contributed by atoms with Gasteiger partial charge in [-0.25, -0.2) is 0 Å². The van der Waals surface area contributed by atoms with Crippen LogP contribution in [0, 0.1) is 0 Å². The first-order valence-electron chi connectivity index (χ1n) is 9.05. The zero-order valence-corrected chi connectivity index (χ0v) is 14.7. The van der Waals surface area contributed by atoms with E-state index in [-0.39, 0.29) is 0 Å². The zero-order valence-electron chi connectivity index (χ0n) is 14.7. The average molecular weight is 290 g/mol. The van der Waals surface area contributed by atoms with Crippen molar-refractivity contribution < 1.29 is 0 Å². The molecule has 0 saturated heterocycles. The molecule has 1 N–H and O–H groups in total. The molecule has 0 amide bonds. The molecule has 0 aliphatic carbocycles. The second kappa shape index (κ2) is 10.8. The Bertz CT molecular complexity index is 383. The minimum atomic E-state index is 0.526. The van der Waals surface area contributed by atoms with Crippen LogP contribution >= 0.6 is 0 Å². The first-order chi connectivity index (χ1) is 10.3. The number of unbranched alkanes of at least 4 members (excludes halogenated alkanes) is 5. The highest BCUT2D eigenvalue weighted by Gasteiger charge is 2.13. The standard InChI is InChI=1S/C20H35N/c1-5-8-9-10-11-12-13-20(21-4)19-16-17(6-2)14-15-18(19)7-3/h14-16,20-21H,5-13H2,1-4H3. The Morgan fingerprint density at radius 1 is 0.905 bits per heavy atom. The first-order valence-corrected chi connectivity index (χ1v) is 9.05. The Morgan fingerprint density at radius 3 is 2.24 bits per heavy atom. The summed E-state index contributed by atoms with van der Waals surface area (Å²) in [7, 11) is 2.11. The van der Waals surface area contributed by atoms with Gasteiger partial charge in [0.1, 0.15) is 0 Å². The fourth-order valence-corrected chi connectivity index (χ4v) is 3.09. The summed E-state index contributed by atoms with van der Waals surface area (Å²) in [6, 6.07) is 7.58. The van der Waals surface area contributed by atoms with Crippen LogP contribution in [0.25, 0.3) is 0 Å². The summed E-state index contributed by atoms with van der Waals surface area (Å²) in [4.78, 5) is 0. The third kappa shape index (κ3) is 6.22. The maximum Gasteiger partial charge on any atom is 0.0320 e. The molecule has 0 bridgehead atoms. The molecule has 1 heteroatoms. The van der Waals surface area contributed by atoms with Gasteiger partial charge in [0, 0.05) is 6.04 Å². The minimum Gasteiger partial charge on any atom is -0.313 e. The quantitative estimate of drug-likeness (QED) is 0.506. The lowest BCUT2D eigenvalue weighted by Crippen LogP contribution is -2.18. The van der Waals surface area contributed by atoms with Gasteiger partial charge < -0.3 is 5.32 Å². The number of hydrogen-bond acceptors (Lipinski definition) is 1. The summed E-state index contributed by atoms with van der Waals surface area (Å²) in [5.74, 6) is 0. The predicted molar refractivity (Wildman–Crippen MR) is 95.0 cm³/mol. The fourth-order valence-electron chi connectivity index (χ4n) is 3.09. The molecule has 0 fully saturated rings. The maximum atomic E-state index is 3.55.